The summed E-state index contributed by atoms with van der Waals surface area (Å²) in [7, 11) is 3.45. The number of halogens is 1. The van der Waals surface area contributed by atoms with Gasteiger partial charge in [-0.3, -0.25) is 4.68 Å². The standard InChI is InChI=1S/C13H23ClN2O2/c1-6-10-12(14)11(16(4)15-10)7-13(17,8-18-5)9(2)3/h9,17H,6-8H2,1-5H3. The second-order valence-electron chi connectivity index (χ2n) is 5.05. The van der Waals surface area contributed by atoms with E-state index in [0.717, 1.165) is 17.8 Å². The smallest absolute Gasteiger partial charge is 0.0958 e. The first-order chi connectivity index (χ1) is 8.35. The predicted molar refractivity (Wildman–Crippen MR) is 73.0 cm³/mol. The van der Waals surface area contributed by atoms with Crippen LogP contribution in [-0.4, -0.2) is 34.2 Å². The minimum absolute atomic E-state index is 0.0773. The van der Waals surface area contributed by atoms with Crippen molar-refractivity contribution in [1.82, 2.24) is 9.78 Å². The fourth-order valence-corrected chi connectivity index (χ4v) is 2.33. The van der Waals surface area contributed by atoms with Gasteiger partial charge in [-0.1, -0.05) is 32.4 Å². The molecule has 0 spiro atoms. The van der Waals surface area contributed by atoms with Crippen molar-refractivity contribution in [3.63, 3.8) is 0 Å². The summed E-state index contributed by atoms with van der Waals surface area (Å²) in [6.45, 7) is 6.25. The molecule has 0 fully saturated rings. The summed E-state index contributed by atoms with van der Waals surface area (Å²) in [5.41, 5.74) is 0.816. The van der Waals surface area contributed by atoms with Crippen LogP contribution in [0.25, 0.3) is 0 Å². The highest BCUT2D eigenvalue weighted by Gasteiger charge is 2.33. The van der Waals surface area contributed by atoms with Crippen LogP contribution in [0.5, 0.6) is 0 Å². The molecule has 0 aliphatic rings. The van der Waals surface area contributed by atoms with Crippen molar-refractivity contribution in [3.05, 3.63) is 16.4 Å². The summed E-state index contributed by atoms with van der Waals surface area (Å²) >= 11 is 6.31. The maximum absolute atomic E-state index is 10.6. The van der Waals surface area contributed by atoms with E-state index in [1.54, 1.807) is 11.8 Å². The van der Waals surface area contributed by atoms with Crippen molar-refractivity contribution in [3.8, 4) is 0 Å². The molecule has 1 N–H and O–H groups in total. The molecule has 1 atom stereocenters. The average Bonchev–Trinajstić information content (AvgIpc) is 2.56. The Bertz CT molecular complexity index is 404. The van der Waals surface area contributed by atoms with Gasteiger partial charge in [0.05, 0.1) is 28.6 Å². The third kappa shape index (κ3) is 3.05. The van der Waals surface area contributed by atoms with Gasteiger partial charge in [-0.25, -0.2) is 0 Å². The zero-order chi connectivity index (χ0) is 13.9. The van der Waals surface area contributed by atoms with E-state index >= 15 is 0 Å². The first-order valence-electron chi connectivity index (χ1n) is 6.27. The minimum atomic E-state index is -0.919. The Morgan fingerprint density at radius 1 is 1.50 bits per heavy atom. The van der Waals surface area contributed by atoms with Crippen molar-refractivity contribution in [2.45, 2.75) is 39.2 Å². The Kier molecular flexibility index (Phi) is 5.20. The van der Waals surface area contributed by atoms with E-state index in [2.05, 4.69) is 5.10 Å². The molecule has 18 heavy (non-hydrogen) atoms. The van der Waals surface area contributed by atoms with Gasteiger partial charge in [0.15, 0.2) is 0 Å². The number of rotatable bonds is 6. The first kappa shape index (κ1) is 15.5. The van der Waals surface area contributed by atoms with Gasteiger partial charge in [-0.2, -0.15) is 5.10 Å². The van der Waals surface area contributed by atoms with Crippen molar-refractivity contribution >= 4 is 11.6 Å². The summed E-state index contributed by atoms with van der Waals surface area (Å²) in [4.78, 5) is 0. The molecule has 0 aliphatic carbocycles. The van der Waals surface area contributed by atoms with Crippen LogP contribution in [0, 0.1) is 5.92 Å². The van der Waals surface area contributed by atoms with E-state index in [0.29, 0.717) is 11.4 Å². The van der Waals surface area contributed by atoms with Crippen LogP contribution in [0.15, 0.2) is 0 Å². The fraction of sp³-hybridized carbons (Fsp3) is 0.769. The number of methoxy groups -OCH3 is 1. The van der Waals surface area contributed by atoms with Crippen molar-refractivity contribution < 1.29 is 9.84 Å². The summed E-state index contributed by atoms with van der Waals surface area (Å²) in [6.07, 6.45) is 1.23. The highest BCUT2D eigenvalue weighted by Crippen LogP contribution is 2.28. The number of aromatic nitrogens is 2. The lowest BCUT2D eigenvalue weighted by atomic mass is 9.86. The first-order valence-corrected chi connectivity index (χ1v) is 6.65. The molecular formula is C13H23ClN2O2. The molecule has 0 aliphatic heterocycles. The number of ether oxygens (including phenoxy) is 1. The van der Waals surface area contributed by atoms with Crippen LogP contribution in [-0.2, 0) is 24.6 Å². The SMILES string of the molecule is CCc1nn(C)c(CC(O)(COC)C(C)C)c1Cl. The molecule has 1 aromatic heterocycles. The van der Waals surface area contributed by atoms with E-state index in [-0.39, 0.29) is 12.5 Å². The highest BCUT2D eigenvalue weighted by molar-refractivity contribution is 6.31. The largest absolute Gasteiger partial charge is 0.387 e. The maximum Gasteiger partial charge on any atom is 0.0958 e. The van der Waals surface area contributed by atoms with Crippen LogP contribution >= 0.6 is 11.6 Å². The normalized spacial score (nSPS) is 15.1. The lowest BCUT2D eigenvalue weighted by Gasteiger charge is -2.31. The summed E-state index contributed by atoms with van der Waals surface area (Å²) in [5.74, 6) is 0.0773. The molecule has 0 aromatic carbocycles. The van der Waals surface area contributed by atoms with Crippen LogP contribution in [0.3, 0.4) is 0 Å². The van der Waals surface area contributed by atoms with Crippen molar-refractivity contribution in [2.24, 2.45) is 13.0 Å². The van der Waals surface area contributed by atoms with E-state index in [1.807, 2.05) is 27.8 Å². The van der Waals surface area contributed by atoms with Gasteiger partial charge in [0.2, 0.25) is 0 Å². The topological polar surface area (TPSA) is 47.3 Å². The molecule has 1 aromatic rings. The molecule has 0 amide bonds. The Balaban J connectivity index is 3.04. The predicted octanol–water partition coefficient (Wildman–Crippen LogP) is 2.21. The monoisotopic (exact) mass is 274 g/mol. The molecule has 1 heterocycles. The molecule has 104 valence electrons. The molecule has 0 saturated heterocycles. The quantitative estimate of drug-likeness (QED) is 0.865. The maximum atomic E-state index is 10.6. The Morgan fingerprint density at radius 2 is 2.11 bits per heavy atom. The number of nitrogens with zero attached hydrogens (tertiary/aromatic N) is 2. The molecule has 0 bridgehead atoms. The van der Waals surface area contributed by atoms with Gasteiger partial charge in [-0.15, -0.1) is 0 Å². The average molecular weight is 275 g/mol. The Labute approximate surface area is 114 Å². The molecule has 1 rings (SSSR count). The van der Waals surface area contributed by atoms with Gasteiger partial charge in [0.1, 0.15) is 0 Å². The Morgan fingerprint density at radius 3 is 2.50 bits per heavy atom. The second kappa shape index (κ2) is 6.04. The van der Waals surface area contributed by atoms with Crippen LogP contribution in [0.1, 0.15) is 32.2 Å². The zero-order valence-corrected chi connectivity index (χ0v) is 12.6. The molecule has 4 nitrogen and oxygen atoms in total. The lowest BCUT2D eigenvalue weighted by Crippen LogP contribution is -2.42. The second-order valence-corrected chi connectivity index (χ2v) is 5.43. The van der Waals surface area contributed by atoms with E-state index in [9.17, 15) is 5.11 Å². The molecule has 5 heteroatoms. The minimum Gasteiger partial charge on any atom is -0.387 e. The van der Waals surface area contributed by atoms with E-state index in [1.165, 1.54) is 0 Å². The Hall–Kier alpha value is -0.580. The third-order valence-corrected chi connectivity index (χ3v) is 3.88. The van der Waals surface area contributed by atoms with Gasteiger partial charge in [0, 0.05) is 20.6 Å². The zero-order valence-electron chi connectivity index (χ0n) is 11.8. The molecule has 0 radical (unpaired) electrons. The van der Waals surface area contributed by atoms with Crippen molar-refractivity contribution in [2.75, 3.05) is 13.7 Å². The molecular weight excluding hydrogens is 252 g/mol. The third-order valence-electron chi connectivity index (χ3n) is 3.45. The van der Waals surface area contributed by atoms with Gasteiger partial charge >= 0.3 is 0 Å². The number of hydrogen-bond acceptors (Lipinski definition) is 3. The van der Waals surface area contributed by atoms with Gasteiger partial charge < -0.3 is 9.84 Å². The number of aryl methyl sites for hydroxylation is 2. The van der Waals surface area contributed by atoms with Crippen LogP contribution in [0.2, 0.25) is 5.02 Å². The van der Waals surface area contributed by atoms with E-state index < -0.39 is 5.60 Å². The fourth-order valence-electron chi connectivity index (χ4n) is 1.97. The number of hydrogen-bond donors (Lipinski definition) is 1. The summed E-state index contributed by atoms with van der Waals surface area (Å²) in [5, 5.41) is 15.7. The lowest BCUT2D eigenvalue weighted by molar-refractivity contribution is -0.0647. The molecule has 1 unspecified atom stereocenters. The highest BCUT2D eigenvalue weighted by atomic mass is 35.5. The molecule has 0 saturated carbocycles. The van der Waals surface area contributed by atoms with Gasteiger partial charge in [-0.05, 0) is 12.3 Å². The summed E-state index contributed by atoms with van der Waals surface area (Å²) < 4.78 is 6.88. The summed E-state index contributed by atoms with van der Waals surface area (Å²) in [6, 6.07) is 0. The van der Waals surface area contributed by atoms with Crippen LogP contribution < -0.4 is 0 Å². The number of aliphatic hydroxyl groups is 1. The van der Waals surface area contributed by atoms with Gasteiger partial charge in [0.25, 0.3) is 0 Å². The van der Waals surface area contributed by atoms with E-state index in [4.69, 9.17) is 16.3 Å². The van der Waals surface area contributed by atoms with Crippen LogP contribution in [0.4, 0.5) is 0 Å². The van der Waals surface area contributed by atoms with Crippen molar-refractivity contribution in [1.29, 1.82) is 0 Å².